The van der Waals surface area contributed by atoms with Gasteiger partial charge in [-0.15, -0.1) is 0 Å². The van der Waals surface area contributed by atoms with Crippen LogP contribution in [0.15, 0.2) is 22.8 Å². The van der Waals surface area contributed by atoms with Crippen molar-refractivity contribution in [3.8, 4) is 0 Å². The number of imide groups is 1. The molecule has 2 aliphatic heterocycles. The molecule has 2 heterocycles. The highest BCUT2D eigenvalue weighted by Gasteiger charge is 2.46. The highest BCUT2D eigenvalue weighted by atomic mass is 16.2. The molecule has 3 amide bonds. The summed E-state index contributed by atoms with van der Waals surface area (Å²) >= 11 is 0. The van der Waals surface area contributed by atoms with Gasteiger partial charge < -0.3 is 5.32 Å². The summed E-state index contributed by atoms with van der Waals surface area (Å²) < 4.78 is 0. The van der Waals surface area contributed by atoms with Crippen LogP contribution in [0.1, 0.15) is 39.0 Å². The lowest BCUT2D eigenvalue weighted by Gasteiger charge is -2.22. The first-order chi connectivity index (χ1) is 9.61. The number of fused-ring (bicyclic) bond motifs is 1. The highest BCUT2D eigenvalue weighted by molar-refractivity contribution is 6.26. The molecule has 5 nitrogen and oxygen atoms in total. The van der Waals surface area contributed by atoms with E-state index in [1.165, 1.54) is 4.90 Å². The average Bonchev–Trinajstić information content (AvgIpc) is 2.57. The molecule has 3 aliphatic rings. The Balaban J connectivity index is 1.98. The van der Waals surface area contributed by atoms with E-state index < -0.39 is 6.04 Å². The van der Waals surface area contributed by atoms with Crippen LogP contribution in [0.4, 0.5) is 0 Å². The van der Waals surface area contributed by atoms with Crippen molar-refractivity contribution < 1.29 is 14.4 Å². The van der Waals surface area contributed by atoms with E-state index in [4.69, 9.17) is 0 Å². The van der Waals surface area contributed by atoms with Crippen molar-refractivity contribution in [3.63, 3.8) is 0 Å². The Morgan fingerprint density at radius 2 is 2.00 bits per heavy atom. The molecule has 0 aromatic rings. The molecule has 0 bridgehead atoms. The van der Waals surface area contributed by atoms with E-state index in [1.54, 1.807) is 0 Å². The number of carbonyl (C=O) groups excluding carboxylic acids is 3. The van der Waals surface area contributed by atoms with E-state index in [0.29, 0.717) is 24.1 Å². The van der Waals surface area contributed by atoms with Crippen LogP contribution in [0.2, 0.25) is 0 Å². The summed E-state index contributed by atoms with van der Waals surface area (Å²) in [4.78, 5) is 38.3. The van der Waals surface area contributed by atoms with Crippen LogP contribution in [0.5, 0.6) is 0 Å². The van der Waals surface area contributed by atoms with Gasteiger partial charge in [0.15, 0.2) is 0 Å². The number of amides is 3. The maximum atomic E-state index is 12.5. The summed E-state index contributed by atoms with van der Waals surface area (Å²) in [6, 6.07) is -0.649. The minimum atomic E-state index is -0.649. The Bertz CT molecular complexity index is 559. The van der Waals surface area contributed by atoms with Crippen LogP contribution in [0.3, 0.4) is 0 Å². The number of hydrogen-bond acceptors (Lipinski definition) is 3. The number of rotatable bonds is 1. The minimum absolute atomic E-state index is 0.207. The molecule has 20 heavy (non-hydrogen) atoms. The summed E-state index contributed by atoms with van der Waals surface area (Å²) in [6.45, 7) is 2.51. The van der Waals surface area contributed by atoms with Crippen LogP contribution in [-0.2, 0) is 14.4 Å². The van der Waals surface area contributed by atoms with E-state index in [1.807, 2.05) is 13.0 Å². The standard InChI is InChI=1S/C15H18N2O3/c1-9-5-4-6-10-12(9)15(20)17(14(10)19)11-7-2-3-8-16-13(11)18/h6,11H,2-5,7-8H2,1H3,(H,16,18). The third-order valence-electron chi connectivity index (χ3n) is 4.26. The van der Waals surface area contributed by atoms with Crippen LogP contribution in [0, 0.1) is 0 Å². The van der Waals surface area contributed by atoms with Crippen molar-refractivity contribution in [3.05, 3.63) is 22.8 Å². The molecule has 0 spiro atoms. The van der Waals surface area contributed by atoms with Crippen molar-refractivity contribution >= 4 is 17.7 Å². The predicted octanol–water partition coefficient (Wildman–Crippen LogP) is 1.06. The second-order valence-corrected chi connectivity index (χ2v) is 5.59. The molecule has 5 heteroatoms. The molecule has 3 rings (SSSR count). The van der Waals surface area contributed by atoms with Gasteiger partial charge in [-0.1, -0.05) is 11.6 Å². The SMILES string of the molecule is CC1=C2C(=O)N(C3CCCCNC3=O)C(=O)C2=CCC1. The molecule has 106 valence electrons. The lowest BCUT2D eigenvalue weighted by molar-refractivity contribution is -0.145. The fourth-order valence-electron chi connectivity index (χ4n) is 3.18. The van der Waals surface area contributed by atoms with Crippen molar-refractivity contribution in [1.82, 2.24) is 10.2 Å². The summed E-state index contributed by atoms with van der Waals surface area (Å²) in [7, 11) is 0. The quantitative estimate of drug-likeness (QED) is 0.727. The summed E-state index contributed by atoms with van der Waals surface area (Å²) in [5.41, 5.74) is 1.98. The molecule has 2 saturated heterocycles. The van der Waals surface area contributed by atoms with Crippen LogP contribution < -0.4 is 5.32 Å². The van der Waals surface area contributed by atoms with Gasteiger partial charge in [0, 0.05) is 12.1 Å². The van der Waals surface area contributed by atoms with Gasteiger partial charge in [0.25, 0.3) is 11.8 Å². The number of allylic oxidation sites excluding steroid dienone is 2. The summed E-state index contributed by atoms with van der Waals surface area (Å²) in [6.07, 6.45) is 5.72. The Kier molecular flexibility index (Phi) is 3.20. The molecule has 0 aromatic heterocycles. The number of nitrogens with zero attached hydrogens (tertiary/aromatic N) is 1. The zero-order valence-corrected chi connectivity index (χ0v) is 11.6. The second kappa shape index (κ2) is 4.89. The van der Waals surface area contributed by atoms with Gasteiger partial charge in [-0.3, -0.25) is 19.3 Å². The third-order valence-corrected chi connectivity index (χ3v) is 4.26. The van der Waals surface area contributed by atoms with E-state index in [0.717, 1.165) is 31.3 Å². The average molecular weight is 274 g/mol. The number of carbonyl (C=O) groups is 3. The first-order valence-electron chi connectivity index (χ1n) is 7.17. The Hall–Kier alpha value is -1.91. The molecular formula is C15H18N2O3. The van der Waals surface area contributed by atoms with Crippen molar-refractivity contribution in [2.75, 3.05) is 6.54 Å². The zero-order valence-electron chi connectivity index (χ0n) is 11.6. The molecule has 1 aliphatic carbocycles. The van der Waals surface area contributed by atoms with E-state index in [-0.39, 0.29) is 17.7 Å². The van der Waals surface area contributed by atoms with E-state index >= 15 is 0 Å². The maximum absolute atomic E-state index is 12.5. The van der Waals surface area contributed by atoms with Crippen LogP contribution >= 0.6 is 0 Å². The topological polar surface area (TPSA) is 66.5 Å². The van der Waals surface area contributed by atoms with Gasteiger partial charge in [-0.25, -0.2) is 0 Å². The first kappa shape index (κ1) is 13.1. The lowest BCUT2D eigenvalue weighted by Crippen LogP contribution is -2.48. The molecule has 0 aromatic carbocycles. The van der Waals surface area contributed by atoms with Gasteiger partial charge in [0.1, 0.15) is 6.04 Å². The van der Waals surface area contributed by atoms with Crippen molar-refractivity contribution in [2.24, 2.45) is 0 Å². The zero-order chi connectivity index (χ0) is 14.3. The largest absolute Gasteiger partial charge is 0.354 e. The minimum Gasteiger partial charge on any atom is -0.354 e. The monoisotopic (exact) mass is 274 g/mol. The Labute approximate surface area is 117 Å². The van der Waals surface area contributed by atoms with E-state index in [9.17, 15) is 14.4 Å². The third kappa shape index (κ3) is 1.88. The van der Waals surface area contributed by atoms with Gasteiger partial charge in [-0.05, 0) is 39.0 Å². The molecular weight excluding hydrogens is 256 g/mol. The fourth-order valence-corrected chi connectivity index (χ4v) is 3.18. The fraction of sp³-hybridized carbons (Fsp3) is 0.533. The Morgan fingerprint density at radius 1 is 1.20 bits per heavy atom. The van der Waals surface area contributed by atoms with Gasteiger partial charge in [0.05, 0.1) is 5.57 Å². The summed E-state index contributed by atoms with van der Waals surface area (Å²) in [5.74, 6) is -0.798. The molecule has 2 fully saturated rings. The number of nitrogens with one attached hydrogen (secondary N) is 1. The molecule has 0 saturated carbocycles. The number of likely N-dealkylation sites (tertiary alicyclic amines) is 1. The molecule has 1 unspecified atom stereocenters. The summed E-state index contributed by atoms with van der Waals surface area (Å²) in [5, 5.41) is 2.78. The Morgan fingerprint density at radius 3 is 2.75 bits per heavy atom. The van der Waals surface area contributed by atoms with Gasteiger partial charge >= 0.3 is 0 Å². The lowest BCUT2D eigenvalue weighted by atomic mass is 9.93. The van der Waals surface area contributed by atoms with Gasteiger partial charge in [0.2, 0.25) is 5.91 Å². The molecule has 1 N–H and O–H groups in total. The van der Waals surface area contributed by atoms with E-state index in [2.05, 4.69) is 5.32 Å². The number of hydrogen-bond donors (Lipinski definition) is 1. The van der Waals surface area contributed by atoms with Gasteiger partial charge in [-0.2, -0.15) is 0 Å². The smallest absolute Gasteiger partial charge is 0.262 e. The molecule has 1 atom stereocenters. The van der Waals surface area contributed by atoms with Crippen LogP contribution in [0.25, 0.3) is 0 Å². The predicted molar refractivity (Wildman–Crippen MR) is 72.5 cm³/mol. The van der Waals surface area contributed by atoms with Crippen molar-refractivity contribution in [2.45, 2.75) is 45.1 Å². The van der Waals surface area contributed by atoms with Crippen molar-refractivity contribution in [1.29, 1.82) is 0 Å². The normalized spacial score (nSPS) is 27.2. The molecule has 0 radical (unpaired) electrons. The first-order valence-corrected chi connectivity index (χ1v) is 7.17. The second-order valence-electron chi connectivity index (χ2n) is 5.59. The van der Waals surface area contributed by atoms with Crippen LogP contribution in [-0.4, -0.2) is 35.2 Å². The maximum Gasteiger partial charge on any atom is 0.262 e. The highest BCUT2D eigenvalue weighted by Crippen LogP contribution is 2.35.